The molecule has 4 heteroatoms. The van der Waals surface area contributed by atoms with E-state index in [1.54, 1.807) is 4.90 Å². The van der Waals surface area contributed by atoms with Crippen molar-refractivity contribution in [2.45, 2.75) is 34.1 Å². The van der Waals surface area contributed by atoms with Crippen LogP contribution < -0.4 is 0 Å². The van der Waals surface area contributed by atoms with Crippen LogP contribution in [0.3, 0.4) is 0 Å². The van der Waals surface area contributed by atoms with Gasteiger partial charge in [-0.25, -0.2) is 0 Å². The molecule has 0 aliphatic carbocycles. The number of aromatic amines is 1. The molecule has 0 aromatic carbocycles. The molecule has 0 aliphatic rings. The summed E-state index contributed by atoms with van der Waals surface area (Å²) in [5, 5.41) is 6.88. The third-order valence-electron chi connectivity index (χ3n) is 2.73. The Labute approximate surface area is 97.0 Å². The molecule has 0 saturated heterocycles. The maximum absolute atomic E-state index is 12.1. The Morgan fingerprint density at radius 3 is 2.50 bits per heavy atom. The molecule has 1 rings (SSSR count). The Balaban J connectivity index is 2.71. The van der Waals surface area contributed by atoms with Gasteiger partial charge in [-0.15, -0.1) is 0 Å². The normalized spacial score (nSPS) is 10.9. The van der Waals surface area contributed by atoms with Crippen LogP contribution >= 0.6 is 0 Å². The number of carbonyl (C=O) groups excluding carboxylic acids is 1. The number of amides is 1. The molecule has 90 valence electrons. The number of rotatable bonds is 4. The van der Waals surface area contributed by atoms with E-state index in [-0.39, 0.29) is 5.91 Å². The van der Waals surface area contributed by atoms with Crippen molar-refractivity contribution in [2.75, 3.05) is 13.6 Å². The lowest BCUT2D eigenvalue weighted by Gasteiger charge is -2.18. The number of aryl methyl sites for hydroxylation is 2. The third kappa shape index (κ3) is 2.84. The summed E-state index contributed by atoms with van der Waals surface area (Å²) in [6.45, 7) is 8.84. The van der Waals surface area contributed by atoms with Gasteiger partial charge in [-0.3, -0.25) is 9.89 Å². The molecule has 0 atom stereocenters. The van der Waals surface area contributed by atoms with Crippen molar-refractivity contribution in [1.82, 2.24) is 15.1 Å². The van der Waals surface area contributed by atoms with Gasteiger partial charge in [0, 0.05) is 19.3 Å². The lowest BCUT2D eigenvalue weighted by molar-refractivity contribution is 0.0788. The zero-order valence-electron chi connectivity index (χ0n) is 10.8. The Morgan fingerprint density at radius 1 is 1.44 bits per heavy atom. The van der Waals surface area contributed by atoms with Crippen LogP contribution in [0.15, 0.2) is 0 Å². The Morgan fingerprint density at radius 2 is 2.06 bits per heavy atom. The Kier molecular flexibility index (Phi) is 4.10. The third-order valence-corrected chi connectivity index (χ3v) is 2.73. The number of aromatic nitrogens is 2. The van der Waals surface area contributed by atoms with Crippen LogP contribution in [0.1, 0.15) is 42.0 Å². The minimum Gasteiger partial charge on any atom is -0.342 e. The second-order valence-electron chi connectivity index (χ2n) is 4.72. The highest BCUT2D eigenvalue weighted by Gasteiger charge is 2.18. The first-order valence-corrected chi connectivity index (χ1v) is 5.70. The maximum Gasteiger partial charge on any atom is 0.257 e. The van der Waals surface area contributed by atoms with Crippen molar-refractivity contribution in [3.05, 3.63) is 17.0 Å². The number of hydrogen-bond acceptors (Lipinski definition) is 2. The minimum atomic E-state index is 0.0596. The summed E-state index contributed by atoms with van der Waals surface area (Å²) in [5.41, 5.74) is 2.34. The van der Waals surface area contributed by atoms with Crippen LogP contribution in [-0.4, -0.2) is 34.6 Å². The molecule has 0 fully saturated rings. The molecule has 1 aromatic rings. The lowest BCUT2D eigenvalue weighted by Crippen LogP contribution is -2.29. The summed E-state index contributed by atoms with van der Waals surface area (Å²) >= 11 is 0. The number of carbonyl (C=O) groups is 1. The quantitative estimate of drug-likeness (QED) is 0.850. The smallest absolute Gasteiger partial charge is 0.257 e. The van der Waals surface area contributed by atoms with Gasteiger partial charge < -0.3 is 4.90 Å². The van der Waals surface area contributed by atoms with E-state index < -0.39 is 0 Å². The molecule has 0 aliphatic heterocycles. The summed E-state index contributed by atoms with van der Waals surface area (Å²) in [5.74, 6) is 0.672. The van der Waals surface area contributed by atoms with E-state index >= 15 is 0 Å². The molecular formula is C12H21N3O. The predicted molar refractivity (Wildman–Crippen MR) is 64.5 cm³/mol. The zero-order valence-corrected chi connectivity index (χ0v) is 10.8. The van der Waals surface area contributed by atoms with Crippen LogP contribution in [0.2, 0.25) is 0 Å². The number of nitrogens with one attached hydrogen (secondary N) is 1. The highest BCUT2D eigenvalue weighted by Crippen LogP contribution is 2.12. The van der Waals surface area contributed by atoms with Crippen molar-refractivity contribution >= 4 is 5.91 Å². The van der Waals surface area contributed by atoms with Crippen molar-refractivity contribution in [1.29, 1.82) is 0 Å². The average Bonchev–Trinajstić information content (AvgIpc) is 2.54. The standard InChI is InChI=1S/C12H21N3O/c1-8(2)6-7-15(5)12(16)11-9(3)13-14-10(11)4/h8H,6-7H2,1-5H3,(H,13,14). The fourth-order valence-electron chi connectivity index (χ4n) is 1.61. The highest BCUT2D eigenvalue weighted by molar-refractivity contribution is 5.96. The summed E-state index contributed by atoms with van der Waals surface area (Å²) in [7, 11) is 1.84. The molecule has 0 unspecified atom stereocenters. The van der Waals surface area contributed by atoms with Crippen LogP contribution in [0, 0.1) is 19.8 Å². The van der Waals surface area contributed by atoms with Crippen molar-refractivity contribution in [2.24, 2.45) is 5.92 Å². The number of hydrogen-bond donors (Lipinski definition) is 1. The summed E-state index contributed by atoms with van der Waals surface area (Å²) in [6, 6.07) is 0. The SMILES string of the molecule is Cc1n[nH]c(C)c1C(=O)N(C)CCC(C)C. The second-order valence-corrected chi connectivity index (χ2v) is 4.72. The van der Waals surface area contributed by atoms with E-state index in [9.17, 15) is 4.79 Å². The van der Waals surface area contributed by atoms with E-state index in [0.717, 1.165) is 24.4 Å². The van der Waals surface area contributed by atoms with E-state index in [2.05, 4.69) is 24.0 Å². The summed E-state index contributed by atoms with van der Waals surface area (Å²) in [6.07, 6.45) is 1.03. The maximum atomic E-state index is 12.1. The highest BCUT2D eigenvalue weighted by atomic mass is 16.2. The van der Waals surface area contributed by atoms with E-state index in [1.165, 1.54) is 0 Å². The van der Waals surface area contributed by atoms with Crippen molar-refractivity contribution in [3.8, 4) is 0 Å². The van der Waals surface area contributed by atoms with Crippen LogP contribution in [0.4, 0.5) is 0 Å². The van der Waals surface area contributed by atoms with Gasteiger partial charge in [0.15, 0.2) is 0 Å². The van der Waals surface area contributed by atoms with Gasteiger partial charge in [0.05, 0.1) is 11.3 Å². The van der Waals surface area contributed by atoms with Gasteiger partial charge in [-0.2, -0.15) is 5.10 Å². The first-order valence-electron chi connectivity index (χ1n) is 5.70. The van der Waals surface area contributed by atoms with Crippen molar-refractivity contribution in [3.63, 3.8) is 0 Å². The molecule has 1 aromatic heterocycles. The van der Waals surface area contributed by atoms with Crippen LogP contribution in [0.5, 0.6) is 0 Å². The lowest BCUT2D eigenvalue weighted by atomic mass is 10.1. The summed E-state index contributed by atoms with van der Waals surface area (Å²) < 4.78 is 0. The second kappa shape index (κ2) is 5.14. The molecule has 1 amide bonds. The molecule has 16 heavy (non-hydrogen) atoms. The molecule has 1 heterocycles. The van der Waals surface area contributed by atoms with Gasteiger partial charge in [0.2, 0.25) is 0 Å². The first kappa shape index (κ1) is 12.7. The zero-order chi connectivity index (χ0) is 12.3. The van der Waals surface area contributed by atoms with Gasteiger partial charge in [0.25, 0.3) is 5.91 Å². The fraction of sp³-hybridized carbons (Fsp3) is 0.667. The molecule has 0 radical (unpaired) electrons. The molecule has 1 N–H and O–H groups in total. The van der Waals surface area contributed by atoms with E-state index in [0.29, 0.717) is 11.5 Å². The van der Waals surface area contributed by atoms with Gasteiger partial charge in [0.1, 0.15) is 0 Å². The van der Waals surface area contributed by atoms with Crippen LogP contribution in [-0.2, 0) is 0 Å². The molecule has 0 spiro atoms. The van der Waals surface area contributed by atoms with Gasteiger partial charge in [-0.1, -0.05) is 13.8 Å². The molecule has 0 saturated carbocycles. The molecular weight excluding hydrogens is 202 g/mol. The topological polar surface area (TPSA) is 49.0 Å². The van der Waals surface area contributed by atoms with Crippen LogP contribution in [0.25, 0.3) is 0 Å². The van der Waals surface area contributed by atoms with Crippen molar-refractivity contribution < 1.29 is 4.79 Å². The fourth-order valence-corrected chi connectivity index (χ4v) is 1.61. The average molecular weight is 223 g/mol. The monoisotopic (exact) mass is 223 g/mol. The predicted octanol–water partition coefficient (Wildman–Crippen LogP) is 2.14. The molecule has 4 nitrogen and oxygen atoms in total. The largest absolute Gasteiger partial charge is 0.342 e. The summed E-state index contributed by atoms with van der Waals surface area (Å²) in [4.78, 5) is 13.9. The van der Waals surface area contributed by atoms with Gasteiger partial charge >= 0.3 is 0 Å². The number of H-pyrrole nitrogens is 1. The van der Waals surface area contributed by atoms with E-state index in [4.69, 9.17) is 0 Å². The Bertz CT molecular complexity index is 349. The van der Waals surface area contributed by atoms with Gasteiger partial charge in [-0.05, 0) is 26.2 Å². The first-order chi connectivity index (χ1) is 7.43. The van der Waals surface area contributed by atoms with E-state index in [1.807, 2.05) is 20.9 Å². The molecule has 0 bridgehead atoms. The number of nitrogens with zero attached hydrogens (tertiary/aromatic N) is 2. The Hall–Kier alpha value is -1.32. The minimum absolute atomic E-state index is 0.0596.